The van der Waals surface area contributed by atoms with Gasteiger partial charge in [0.15, 0.2) is 17.5 Å². The van der Waals surface area contributed by atoms with E-state index in [1.807, 2.05) is 0 Å². The molecule has 7 heteroatoms. The second kappa shape index (κ2) is 3.56. The predicted molar refractivity (Wildman–Crippen MR) is 36.3 cm³/mol. The van der Waals surface area contributed by atoms with Gasteiger partial charge in [0.2, 0.25) is 0 Å². The van der Waals surface area contributed by atoms with Crippen molar-refractivity contribution in [3.63, 3.8) is 0 Å². The van der Waals surface area contributed by atoms with Gasteiger partial charge in [0.05, 0.1) is 5.56 Å². The zero-order valence-electron chi connectivity index (χ0n) is 6.83. The van der Waals surface area contributed by atoms with E-state index in [1.165, 1.54) is 0 Å². The first-order chi connectivity index (χ1) is 6.78. The summed E-state index contributed by atoms with van der Waals surface area (Å²) in [7, 11) is 0. The summed E-state index contributed by atoms with van der Waals surface area (Å²) in [5.41, 5.74) is -1.84. The fraction of sp³-hybridized carbons (Fsp3) is 0.125. The van der Waals surface area contributed by atoms with Crippen LogP contribution in [0.1, 0.15) is 5.56 Å². The van der Waals surface area contributed by atoms with Crippen LogP contribution >= 0.6 is 0 Å². The molecule has 1 nitrogen and oxygen atoms in total. The van der Waals surface area contributed by atoms with Crippen molar-refractivity contribution >= 4 is 6.04 Å². The highest BCUT2D eigenvalue weighted by atomic mass is 19.3. The molecule has 1 rings (SSSR count). The number of rotatable bonds is 2. The Morgan fingerprint density at radius 3 is 2.07 bits per heavy atom. The van der Waals surface area contributed by atoms with Gasteiger partial charge >= 0.3 is 12.0 Å². The number of hydrogen-bond donors (Lipinski definition) is 0. The lowest BCUT2D eigenvalue weighted by atomic mass is 10.1. The SMILES string of the molecule is O=C(F)C(F)(F)c1ccc(F)c(F)c1F. The minimum atomic E-state index is -4.82. The molecule has 0 amide bonds. The number of benzene rings is 1. The predicted octanol–water partition coefficient (Wildman–Crippen LogP) is 2.69. The first-order valence-electron chi connectivity index (χ1n) is 3.50. The zero-order chi connectivity index (χ0) is 11.8. The number of carbonyl (C=O) groups excluding carboxylic acids is 1. The van der Waals surface area contributed by atoms with Crippen molar-refractivity contribution in [2.75, 3.05) is 0 Å². The maximum absolute atomic E-state index is 12.7. The van der Waals surface area contributed by atoms with Gasteiger partial charge in [0, 0.05) is 0 Å². The molecule has 0 atom stereocenters. The highest BCUT2D eigenvalue weighted by Gasteiger charge is 2.44. The number of hydrogen-bond acceptors (Lipinski definition) is 1. The maximum atomic E-state index is 12.7. The van der Waals surface area contributed by atoms with Crippen molar-refractivity contribution in [2.24, 2.45) is 0 Å². The summed E-state index contributed by atoms with van der Waals surface area (Å²) in [5.74, 6) is -11.0. The first-order valence-corrected chi connectivity index (χ1v) is 3.50. The molecule has 0 saturated heterocycles. The minimum Gasteiger partial charge on any atom is -0.254 e. The van der Waals surface area contributed by atoms with Crippen LogP contribution in [-0.2, 0) is 10.7 Å². The first kappa shape index (κ1) is 11.5. The van der Waals surface area contributed by atoms with Crippen LogP contribution < -0.4 is 0 Å². The van der Waals surface area contributed by atoms with E-state index in [0.717, 1.165) is 0 Å². The second-order valence-corrected chi connectivity index (χ2v) is 2.57. The summed E-state index contributed by atoms with van der Waals surface area (Å²) >= 11 is 0. The van der Waals surface area contributed by atoms with E-state index in [4.69, 9.17) is 0 Å². The Labute approximate surface area is 79.3 Å². The van der Waals surface area contributed by atoms with Crippen LogP contribution in [0.5, 0.6) is 0 Å². The molecule has 0 heterocycles. The van der Waals surface area contributed by atoms with Crippen molar-refractivity contribution < 1.29 is 31.1 Å². The average Bonchev–Trinajstić information content (AvgIpc) is 2.13. The van der Waals surface area contributed by atoms with Crippen molar-refractivity contribution in [3.05, 3.63) is 35.1 Å². The van der Waals surface area contributed by atoms with E-state index in [-0.39, 0.29) is 12.1 Å². The molecule has 0 bridgehead atoms. The van der Waals surface area contributed by atoms with Crippen LogP contribution in [-0.4, -0.2) is 6.04 Å². The monoisotopic (exact) mass is 228 g/mol. The molecule has 0 aliphatic heterocycles. The van der Waals surface area contributed by atoms with Crippen LogP contribution in [0.2, 0.25) is 0 Å². The van der Waals surface area contributed by atoms with E-state index < -0.39 is 35.0 Å². The van der Waals surface area contributed by atoms with Crippen LogP contribution in [0.25, 0.3) is 0 Å². The van der Waals surface area contributed by atoms with E-state index in [1.54, 1.807) is 0 Å². The molecule has 0 fully saturated rings. The van der Waals surface area contributed by atoms with E-state index in [2.05, 4.69) is 0 Å². The smallest absolute Gasteiger partial charge is 0.254 e. The van der Waals surface area contributed by atoms with E-state index in [9.17, 15) is 31.1 Å². The molecule has 0 aromatic heterocycles. The third-order valence-corrected chi connectivity index (χ3v) is 1.62. The van der Waals surface area contributed by atoms with Gasteiger partial charge in [-0.15, -0.1) is 0 Å². The fourth-order valence-electron chi connectivity index (χ4n) is 0.874. The van der Waals surface area contributed by atoms with Gasteiger partial charge in [0.25, 0.3) is 0 Å². The Balaban J connectivity index is 3.40. The summed E-state index contributed by atoms with van der Waals surface area (Å²) < 4.78 is 74.5. The van der Waals surface area contributed by atoms with Crippen molar-refractivity contribution in [1.82, 2.24) is 0 Å². The molecule has 0 spiro atoms. The molecule has 0 saturated carbocycles. The molecule has 82 valence electrons. The van der Waals surface area contributed by atoms with E-state index >= 15 is 0 Å². The van der Waals surface area contributed by atoms with Gasteiger partial charge in [-0.25, -0.2) is 13.2 Å². The van der Waals surface area contributed by atoms with Gasteiger partial charge in [-0.2, -0.15) is 13.2 Å². The molecule has 1 aromatic rings. The highest BCUT2D eigenvalue weighted by molar-refractivity contribution is 5.78. The summed E-state index contributed by atoms with van der Waals surface area (Å²) in [5, 5.41) is 0. The molecule has 0 aliphatic carbocycles. The van der Waals surface area contributed by atoms with Crippen LogP contribution in [0.3, 0.4) is 0 Å². The molecule has 15 heavy (non-hydrogen) atoms. The molecule has 0 radical (unpaired) electrons. The Bertz CT molecular complexity index is 414. The van der Waals surface area contributed by atoms with Crippen molar-refractivity contribution in [2.45, 2.75) is 5.92 Å². The largest absolute Gasteiger partial charge is 0.375 e. The van der Waals surface area contributed by atoms with Gasteiger partial charge in [0.1, 0.15) is 0 Å². The molecular formula is C8H2F6O. The van der Waals surface area contributed by atoms with Gasteiger partial charge < -0.3 is 0 Å². The Kier molecular flexibility index (Phi) is 2.74. The van der Waals surface area contributed by atoms with E-state index in [0.29, 0.717) is 0 Å². The van der Waals surface area contributed by atoms with Gasteiger partial charge in [-0.3, -0.25) is 4.79 Å². The van der Waals surface area contributed by atoms with Gasteiger partial charge in [-0.1, -0.05) is 0 Å². The quantitative estimate of drug-likeness (QED) is 0.432. The van der Waals surface area contributed by atoms with Crippen LogP contribution in [0.15, 0.2) is 12.1 Å². The number of alkyl halides is 2. The molecule has 1 aromatic carbocycles. The lowest BCUT2D eigenvalue weighted by Crippen LogP contribution is -2.24. The van der Waals surface area contributed by atoms with Crippen LogP contribution in [0.4, 0.5) is 26.3 Å². The summed E-state index contributed by atoms with van der Waals surface area (Å²) in [4.78, 5) is 9.81. The third-order valence-electron chi connectivity index (χ3n) is 1.62. The number of halogens is 6. The second-order valence-electron chi connectivity index (χ2n) is 2.57. The van der Waals surface area contributed by atoms with Gasteiger partial charge in [-0.05, 0) is 12.1 Å². The highest BCUT2D eigenvalue weighted by Crippen LogP contribution is 2.32. The summed E-state index contributed by atoms with van der Waals surface area (Å²) in [6.07, 6.45) is 0. The maximum Gasteiger partial charge on any atom is 0.375 e. The molecule has 0 unspecified atom stereocenters. The van der Waals surface area contributed by atoms with Crippen molar-refractivity contribution in [3.8, 4) is 0 Å². The normalized spacial score (nSPS) is 11.6. The molecule has 0 N–H and O–H groups in total. The molecular weight excluding hydrogens is 226 g/mol. The fourth-order valence-corrected chi connectivity index (χ4v) is 0.874. The Morgan fingerprint density at radius 2 is 1.60 bits per heavy atom. The zero-order valence-corrected chi connectivity index (χ0v) is 6.83. The third kappa shape index (κ3) is 1.81. The van der Waals surface area contributed by atoms with Crippen molar-refractivity contribution in [1.29, 1.82) is 0 Å². The van der Waals surface area contributed by atoms with Crippen LogP contribution in [0, 0.1) is 17.5 Å². The topological polar surface area (TPSA) is 17.1 Å². The molecule has 0 aliphatic rings. The standard InChI is InChI=1S/C8H2F6O/c9-4-2-1-3(5(10)6(4)11)8(13,14)7(12)15/h1-2H. The lowest BCUT2D eigenvalue weighted by Gasteiger charge is -2.11. The summed E-state index contributed by atoms with van der Waals surface area (Å²) in [6, 6.07) is -2.87. The minimum absolute atomic E-state index is 0.102. The Hall–Kier alpha value is -1.53. The lowest BCUT2D eigenvalue weighted by molar-refractivity contribution is -0.157. The number of carbonyl (C=O) groups is 1. The Morgan fingerprint density at radius 1 is 1.07 bits per heavy atom. The average molecular weight is 228 g/mol. The summed E-state index contributed by atoms with van der Waals surface area (Å²) in [6.45, 7) is 0.